The fraction of sp³-hybridized carbons (Fsp3) is 0. The lowest BCUT2D eigenvalue weighted by atomic mass is 10.0. The first-order valence-corrected chi connectivity index (χ1v) is 21.2. The monoisotopic (exact) mass is 810 g/mol. The number of furan rings is 3. The van der Waals surface area contributed by atoms with E-state index >= 15 is 0 Å². The second kappa shape index (κ2) is 15.2. The van der Waals surface area contributed by atoms with Crippen LogP contribution in [0.4, 0.5) is 34.1 Å². The predicted molar refractivity (Wildman–Crippen MR) is 259 cm³/mol. The van der Waals surface area contributed by atoms with Crippen LogP contribution >= 0.6 is 0 Å². The van der Waals surface area contributed by atoms with E-state index in [0.717, 1.165) is 112 Å². The van der Waals surface area contributed by atoms with Crippen LogP contribution in [0.3, 0.4) is 0 Å². The van der Waals surface area contributed by atoms with E-state index in [-0.39, 0.29) is 0 Å². The van der Waals surface area contributed by atoms with Gasteiger partial charge in [0, 0.05) is 67.0 Å². The molecule has 0 aliphatic rings. The summed E-state index contributed by atoms with van der Waals surface area (Å²) in [5.41, 5.74) is 11.7. The van der Waals surface area contributed by atoms with Crippen molar-refractivity contribution in [3.63, 3.8) is 0 Å². The Morgan fingerprint density at radius 3 is 1.10 bits per heavy atom. The van der Waals surface area contributed by atoms with Gasteiger partial charge in [0.2, 0.25) is 0 Å². The summed E-state index contributed by atoms with van der Waals surface area (Å²) < 4.78 is 20.6. The molecule has 0 atom stereocenters. The molecule has 0 saturated carbocycles. The molecular formula is C58H38N2O3. The molecule has 0 amide bonds. The summed E-state index contributed by atoms with van der Waals surface area (Å²) in [4.78, 5) is 4.52. The molecule has 5 heteroatoms. The zero-order valence-corrected chi connectivity index (χ0v) is 34.1. The summed E-state index contributed by atoms with van der Waals surface area (Å²) >= 11 is 0. The van der Waals surface area contributed by atoms with Gasteiger partial charge in [-0.3, -0.25) is 0 Å². The Morgan fingerprint density at radius 2 is 0.619 bits per heavy atom. The minimum absolute atomic E-state index is 0.733. The van der Waals surface area contributed by atoms with Gasteiger partial charge in [-0.2, -0.15) is 0 Å². The van der Waals surface area contributed by atoms with Crippen LogP contribution in [0.5, 0.6) is 0 Å². The van der Waals surface area contributed by atoms with E-state index in [0.29, 0.717) is 0 Å². The van der Waals surface area contributed by atoms with Gasteiger partial charge in [0.25, 0.3) is 0 Å². The summed E-state index contributed by atoms with van der Waals surface area (Å²) in [5, 5.41) is 4.82. The summed E-state index contributed by atoms with van der Waals surface area (Å²) in [6, 6.07) is 79.9. The molecular weight excluding hydrogens is 773 g/mol. The maximum atomic E-state index is 6.90. The Hall–Kier alpha value is -8.54. The summed E-state index contributed by atoms with van der Waals surface area (Å²) in [7, 11) is 0. The summed E-state index contributed by atoms with van der Waals surface area (Å²) in [6.07, 6.45) is 0. The number of anilines is 6. The molecule has 0 N–H and O–H groups in total. The quantitative estimate of drug-likeness (QED) is 0.145. The highest BCUT2D eigenvalue weighted by molar-refractivity contribution is 6.29. The molecule has 0 radical (unpaired) electrons. The Morgan fingerprint density at radius 1 is 0.254 bits per heavy atom. The largest absolute Gasteiger partial charge is 0.455 e. The predicted octanol–water partition coefficient (Wildman–Crippen LogP) is 17.0. The molecule has 0 spiro atoms. The van der Waals surface area contributed by atoms with Crippen molar-refractivity contribution in [1.82, 2.24) is 0 Å². The Bertz CT molecular complexity index is 3440. The van der Waals surface area contributed by atoms with Crippen molar-refractivity contribution in [3.05, 3.63) is 231 Å². The number of hydrogen-bond donors (Lipinski definition) is 0. The molecule has 298 valence electrons. The third-order valence-corrected chi connectivity index (χ3v) is 11.8. The minimum Gasteiger partial charge on any atom is -0.455 e. The van der Waals surface area contributed by atoms with Crippen molar-refractivity contribution in [3.8, 4) is 34.0 Å². The molecule has 12 rings (SSSR count). The topological polar surface area (TPSA) is 45.9 Å². The standard InChI is InChI=1S/C58H38N2O3/c1-6-16-39(17-7-1)54-38-51-57-50(37-53(62-57)41-28-33-48(34-29-41)60(45-22-12-4-13-23-45)46-24-14-5-15-25-46)49-35-30-42-36-52(61-56(42)55(49)58(51)63-54)40-26-31-47(32-27-40)59(43-18-8-2-9-19-43)44-20-10-3-11-21-44/h1-38H. The van der Waals surface area contributed by atoms with Gasteiger partial charge in [0.15, 0.2) is 0 Å². The molecule has 63 heavy (non-hydrogen) atoms. The van der Waals surface area contributed by atoms with Gasteiger partial charge >= 0.3 is 0 Å². The zero-order valence-electron chi connectivity index (χ0n) is 34.1. The van der Waals surface area contributed by atoms with Crippen LogP contribution < -0.4 is 9.80 Å². The number of benzene rings is 9. The lowest BCUT2D eigenvalue weighted by Crippen LogP contribution is -2.09. The smallest absolute Gasteiger partial charge is 0.150 e. The maximum Gasteiger partial charge on any atom is 0.150 e. The van der Waals surface area contributed by atoms with E-state index in [1.54, 1.807) is 0 Å². The lowest BCUT2D eigenvalue weighted by Gasteiger charge is -2.25. The lowest BCUT2D eigenvalue weighted by molar-refractivity contribution is 0.624. The van der Waals surface area contributed by atoms with Gasteiger partial charge in [-0.25, -0.2) is 0 Å². The van der Waals surface area contributed by atoms with E-state index in [1.807, 2.05) is 42.5 Å². The van der Waals surface area contributed by atoms with Crippen molar-refractivity contribution < 1.29 is 13.3 Å². The highest BCUT2D eigenvalue weighted by Crippen LogP contribution is 2.46. The van der Waals surface area contributed by atoms with E-state index in [1.165, 1.54) is 0 Å². The Balaban J connectivity index is 0.976. The number of rotatable bonds is 9. The van der Waals surface area contributed by atoms with E-state index in [4.69, 9.17) is 13.3 Å². The number of fused-ring (bicyclic) bond motifs is 8. The molecule has 3 aromatic heterocycles. The van der Waals surface area contributed by atoms with Gasteiger partial charge in [0.1, 0.15) is 34.0 Å². The van der Waals surface area contributed by atoms with Crippen LogP contribution in [0.25, 0.3) is 77.7 Å². The molecule has 0 bridgehead atoms. The van der Waals surface area contributed by atoms with Crippen LogP contribution in [0.1, 0.15) is 0 Å². The fourth-order valence-corrected chi connectivity index (χ4v) is 8.87. The van der Waals surface area contributed by atoms with Crippen molar-refractivity contribution in [2.24, 2.45) is 0 Å². The molecule has 0 saturated heterocycles. The molecule has 0 unspecified atom stereocenters. The normalized spacial score (nSPS) is 11.5. The van der Waals surface area contributed by atoms with Crippen LogP contribution in [0, 0.1) is 0 Å². The van der Waals surface area contributed by atoms with Crippen LogP contribution in [-0.2, 0) is 0 Å². The van der Waals surface area contributed by atoms with Crippen molar-refractivity contribution >= 4 is 77.8 Å². The van der Waals surface area contributed by atoms with Gasteiger partial charge in [-0.1, -0.05) is 115 Å². The average molecular weight is 811 g/mol. The van der Waals surface area contributed by atoms with Crippen LogP contribution in [0.2, 0.25) is 0 Å². The second-order valence-corrected chi connectivity index (χ2v) is 15.7. The Kier molecular flexibility index (Phi) is 8.75. The first-order valence-electron chi connectivity index (χ1n) is 21.2. The van der Waals surface area contributed by atoms with E-state index in [9.17, 15) is 0 Å². The highest BCUT2D eigenvalue weighted by Gasteiger charge is 2.23. The van der Waals surface area contributed by atoms with Crippen molar-refractivity contribution in [2.45, 2.75) is 0 Å². The third kappa shape index (κ3) is 6.42. The summed E-state index contributed by atoms with van der Waals surface area (Å²) in [5.74, 6) is 2.33. The van der Waals surface area contributed by atoms with Gasteiger partial charge in [0.05, 0.1) is 10.8 Å². The van der Waals surface area contributed by atoms with Crippen LogP contribution in [0.15, 0.2) is 244 Å². The number of para-hydroxylation sites is 4. The average Bonchev–Trinajstić information content (AvgIpc) is 4.12. The Labute approximate surface area is 363 Å². The molecule has 0 aliphatic heterocycles. The highest BCUT2D eigenvalue weighted by atomic mass is 16.4. The summed E-state index contributed by atoms with van der Waals surface area (Å²) in [6.45, 7) is 0. The second-order valence-electron chi connectivity index (χ2n) is 15.7. The molecule has 0 aliphatic carbocycles. The van der Waals surface area contributed by atoms with E-state index < -0.39 is 0 Å². The van der Waals surface area contributed by atoms with Gasteiger partial charge in [-0.05, 0) is 115 Å². The number of nitrogens with zero attached hydrogens (tertiary/aromatic N) is 2. The van der Waals surface area contributed by atoms with Crippen molar-refractivity contribution in [2.75, 3.05) is 9.80 Å². The number of hydrogen-bond acceptors (Lipinski definition) is 5. The first kappa shape index (κ1) is 36.3. The first-order chi connectivity index (χ1) is 31.2. The molecule has 12 aromatic rings. The molecule has 9 aromatic carbocycles. The fourth-order valence-electron chi connectivity index (χ4n) is 8.87. The third-order valence-electron chi connectivity index (χ3n) is 11.8. The van der Waals surface area contributed by atoms with E-state index in [2.05, 4.69) is 198 Å². The minimum atomic E-state index is 0.733. The zero-order chi connectivity index (χ0) is 41.7. The molecule has 3 heterocycles. The van der Waals surface area contributed by atoms with Gasteiger partial charge in [-0.15, -0.1) is 0 Å². The van der Waals surface area contributed by atoms with Gasteiger partial charge < -0.3 is 23.1 Å². The molecule has 0 fully saturated rings. The SMILES string of the molecule is c1ccc(-c2cc3c4oc(-c5ccc(N(c6ccccc6)c6ccccc6)cc5)cc4c4ccc5cc(-c6ccc(N(c7ccccc7)c7ccccc7)cc6)oc5c4c3o2)cc1. The molecule has 5 nitrogen and oxygen atoms in total. The van der Waals surface area contributed by atoms with Crippen LogP contribution in [-0.4, -0.2) is 0 Å². The maximum absolute atomic E-state index is 6.90. The van der Waals surface area contributed by atoms with Crippen molar-refractivity contribution in [1.29, 1.82) is 0 Å².